The summed E-state index contributed by atoms with van der Waals surface area (Å²) in [6, 6.07) is 7.34. The molecule has 0 N–H and O–H groups in total. The summed E-state index contributed by atoms with van der Waals surface area (Å²) < 4.78 is 11.8. The Morgan fingerprint density at radius 2 is 1.37 bits per heavy atom. The van der Waals surface area contributed by atoms with Crippen molar-refractivity contribution >= 4 is 41.5 Å². The molecule has 0 saturated carbocycles. The van der Waals surface area contributed by atoms with Crippen LogP contribution in [0.15, 0.2) is 28.4 Å². The number of methoxy groups -OCH3 is 1. The zero-order valence-corrected chi connectivity index (χ0v) is 20.1. The quantitative estimate of drug-likeness (QED) is 0.205. The van der Waals surface area contributed by atoms with E-state index in [1.807, 2.05) is 24.3 Å². The van der Waals surface area contributed by atoms with Crippen LogP contribution in [0.3, 0.4) is 0 Å². The van der Waals surface area contributed by atoms with Gasteiger partial charge in [-0.3, -0.25) is 4.79 Å². The van der Waals surface area contributed by atoms with E-state index in [4.69, 9.17) is 9.47 Å². The van der Waals surface area contributed by atoms with E-state index in [1.165, 1.54) is 6.92 Å². The molecule has 1 aromatic carbocycles. The van der Waals surface area contributed by atoms with Crippen LogP contribution in [0, 0.1) is 0 Å². The standard InChI is InChI=1S/C21H31BrO4Si/c1-13(2)27(14(3)4,15(5)6)20(22)19(26-21(24)16(7)23)17-9-11-18(25-8)12-10-17/h9-15H,1-8H3/b20-19-. The minimum atomic E-state index is -2.12. The zero-order chi connectivity index (χ0) is 20.9. The third-order valence-corrected chi connectivity index (χ3v) is 14.4. The summed E-state index contributed by atoms with van der Waals surface area (Å²) in [6.07, 6.45) is 0. The fourth-order valence-corrected chi connectivity index (χ4v) is 14.6. The van der Waals surface area contributed by atoms with Gasteiger partial charge in [0, 0.05) is 16.6 Å². The van der Waals surface area contributed by atoms with Crippen LogP contribution in [0.1, 0.15) is 54.0 Å². The van der Waals surface area contributed by atoms with Gasteiger partial charge in [0.25, 0.3) is 0 Å². The lowest BCUT2D eigenvalue weighted by molar-refractivity contribution is -0.147. The average Bonchev–Trinajstić information content (AvgIpc) is 2.58. The normalized spacial score (nSPS) is 13.0. The van der Waals surface area contributed by atoms with E-state index in [9.17, 15) is 9.59 Å². The van der Waals surface area contributed by atoms with Crippen molar-refractivity contribution in [3.63, 3.8) is 0 Å². The van der Waals surface area contributed by atoms with Crippen LogP contribution < -0.4 is 4.74 Å². The predicted octanol–water partition coefficient (Wildman–Crippen LogP) is 6.11. The highest BCUT2D eigenvalue weighted by Crippen LogP contribution is 2.50. The molecular formula is C21H31BrO4Si. The smallest absolute Gasteiger partial charge is 0.379 e. The molecule has 0 aromatic heterocycles. The lowest BCUT2D eigenvalue weighted by atomic mass is 10.2. The van der Waals surface area contributed by atoms with Gasteiger partial charge in [0.2, 0.25) is 5.78 Å². The predicted molar refractivity (Wildman–Crippen MR) is 117 cm³/mol. The van der Waals surface area contributed by atoms with Gasteiger partial charge >= 0.3 is 5.97 Å². The minimum absolute atomic E-state index is 0.413. The second kappa shape index (κ2) is 9.69. The number of hydrogen-bond acceptors (Lipinski definition) is 4. The van der Waals surface area contributed by atoms with Gasteiger partial charge in [0.1, 0.15) is 19.6 Å². The molecule has 0 saturated heterocycles. The van der Waals surface area contributed by atoms with Crippen molar-refractivity contribution in [1.82, 2.24) is 0 Å². The molecule has 0 bridgehead atoms. The molecule has 0 unspecified atom stereocenters. The summed E-state index contributed by atoms with van der Waals surface area (Å²) in [5.74, 6) is -0.308. The monoisotopic (exact) mass is 454 g/mol. The fourth-order valence-electron chi connectivity index (χ4n) is 4.09. The summed E-state index contributed by atoms with van der Waals surface area (Å²) in [7, 11) is -0.521. The Hall–Kier alpha value is -1.40. The van der Waals surface area contributed by atoms with E-state index in [1.54, 1.807) is 7.11 Å². The fraction of sp³-hybridized carbons (Fsp3) is 0.524. The molecule has 0 aliphatic carbocycles. The van der Waals surface area contributed by atoms with Gasteiger partial charge in [-0.1, -0.05) is 57.5 Å². The first-order valence-corrected chi connectivity index (χ1v) is 12.3. The molecule has 0 radical (unpaired) electrons. The van der Waals surface area contributed by atoms with Crippen molar-refractivity contribution in [2.45, 2.75) is 65.1 Å². The minimum Gasteiger partial charge on any atom is -0.497 e. The maximum absolute atomic E-state index is 12.2. The first-order chi connectivity index (χ1) is 12.5. The summed E-state index contributed by atoms with van der Waals surface area (Å²) in [4.78, 5) is 23.7. The average molecular weight is 455 g/mol. The molecule has 6 heteroatoms. The van der Waals surface area contributed by atoms with E-state index in [0.29, 0.717) is 28.1 Å². The maximum atomic E-state index is 12.2. The molecule has 150 valence electrons. The maximum Gasteiger partial charge on any atom is 0.379 e. The van der Waals surface area contributed by atoms with Crippen LogP contribution in [0.2, 0.25) is 16.6 Å². The molecular weight excluding hydrogens is 424 g/mol. The number of carbonyl (C=O) groups excluding carboxylic acids is 2. The third-order valence-electron chi connectivity index (χ3n) is 5.28. The lowest BCUT2D eigenvalue weighted by Crippen LogP contribution is -2.46. The van der Waals surface area contributed by atoms with Crippen molar-refractivity contribution < 1.29 is 19.1 Å². The Balaban J connectivity index is 3.74. The Morgan fingerprint density at radius 3 is 1.70 bits per heavy atom. The molecule has 27 heavy (non-hydrogen) atoms. The highest BCUT2D eigenvalue weighted by Gasteiger charge is 2.47. The Labute approximate surface area is 172 Å². The van der Waals surface area contributed by atoms with Gasteiger partial charge in [-0.15, -0.1) is 0 Å². The Morgan fingerprint density at radius 1 is 0.926 bits per heavy atom. The summed E-state index contributed by atoms with van der Waals surface area (Å²) in [6.45, 7) is 14.6. The van der Waals surface area contributed by atoms with E-state index in [0.717, 1.165) is 9.67 Å². The Kier molecular flexibility index (Phi) is 8.48. The molecule has 0 aliphatic heterocycles. The van der Waals surface area contributed by atoms with Gasteiger partial charge in [-0.05, 0) is 40.9 Å². The Bertz CT molecular complexity index is 684. The molecule has 0 heterocycles. The van der Waals surface area contributed by atoms with Crippen molar-refractivity contribution in [3.05, 3.63) is 33.9 Å². The molecule has 0 fully saturated rings. The highest BCUT2D eigenvalue weighted by molar-refractivity contribution is 9.12. The molecule has 0 atom stereocenters. The van der Waals surface area contributed by atoms with Crippen molar-refractivity contribution in [2.24, 2.45) is 0 Å². The number of rotatable bonds is 8. The number of esters is 1. The summed E-state index contributed by atoms with van der Waals surface area (Å²) >= 11 is 3.84. The van der Waals surface area contributed by atoms with Crippen molar-refractivity contribution in [2.75, 3.05) is 7.11 Å². The molecule has 1 rings (SSSR count). The van der Waals surface area contributed by atoms with Gasteiger partial charge in [-0.25, -0.2) is 4.79 Å². The van der Waals surface area contributed by atoms with Gasteiger partial charge in [-0.2, -0.15) is 0 Å². The number of Topliss-reactive ketones (excluding diaryl/α,β-unsaturated/α-hetero) is 1. The lowest BCUT2D eigenvalue weighted by Gasteiger charge is -2.43. The molecule has 0 spiro atoms. The summed E-state index contributed by atoms with van der Waals surface area (Å²) in [5.41, 5.74) is 1.99. The second-order valence-electron chi connectivity index (χ2n) is 7.71. The molecule has 4 nitrogen and oxygen atoms in total. The van der Waals surface area contributed by atoms with Crippen LogP contribution in [0.25, 0.3) is 5.76 Å². The number of carbonyl (C=O) groups is 2. The molecule has 1 aromatic rings. The van der Waals surface area contributed by atoms with Crippen LogP contribution in [0.5, 0.6) is 5.75 Å². The van der Waals surface area contributed by atoms with E-state index < -0.39 is 19.8 Å². The largest absolute Gasteiger partial charge is 0.497 e. The van der Waals surface area contributed by atoms with Crippen LogP contribution in [0.4, 0.5) is 0 Å². The number of halogens is 1. The van der Waals surface area contributed by atoms with Crippen molar-refractivity contribution in [3.8, 4) is 5.75 Å². The van der Waals surface area contributed by atoms with E-state index in [-0.39, 0.29) is 0 Å². The number of hydrogen-bond donors (Lipinski definition) is 0. The number of ether oxygens (including phenoxy) is 2. The third kappa shape index (κ3) is 4.91. The highest BCUT2D eigenvalue weighted by atomic mass is 79.9. The van der Waals surface area contributed by atoms with Gasteiger partial charge in [0.05, 0.1) is 7.11 Å². The van der Waals surface area contributed by atoms with E-state index >= 15 is 0 Å². The second-order valence-corrected chi connectivity index (χ2v) is 15.1. The molecule has 0 aliphatic rings. The molecule has 0 amide bonds. The van der Waals surface area contributed by atoms with Crippen LogP contribution >= 0.6 is 15.9 Å². The SMILES string of the molecule is COc1ccc(/C(OC(=O)C(C)=O)=C(\Br)[Si](C(C)C)(C(C)C)C(C)C)cc1. The first kappa shape index (κ1) is 23.6. The van der Waals surface area contributed by atoms with Crippen molar-refractivity contribution in [1.29, 1.82) is 0 Å². The number of ketones is 1. The van der Waals surface area contributed by atoms with Crippen LogP contribution in [-0.4, -0.2) is 26.9 Å². The summed E-state index contributed by atoms with van der Waals surface area (Å²) in [5, 5.41) is 0. The van der Waals surface area contributed by atoms with Gasteiger partial charge < -0.3 is 9.47 Å². The van der Waals surface area contributed by atoms with Gasteiger partial charge in [0.15, 0.2) is 0 Å². The van der Waals surface area contributed by atoms with Crippen LogP contribution in [-0.2, 0) is 14.3 Å². The topological polar surface area (TPSA) is 52.6 Å². The first-order valence-electron chi connectivity index (χ1n) is 9.27. The zero-order valence-electron chi connectivity index (χ0n) is 17.6. The number of benzene rings is 1. The van der Waals surface area contributed by atoms with E-state index in [2.05, 4.69) is 57.5 Å².